The molecule has 0 unspecified atom stereocenters. The summed E-state index contributed by atoms with van der Waals surface area (Å²) in [5, 5.41) is 2.90. The number of carbonyl (C=O) groups is 1. The van der Waals surface area contributed by atoms with Gasteiger partial charge in [0.1, 0.15) is 5.75 Å². The van der Waals surface area contributed by atoms with E-state index in [-0.39, 0.29) is 5.91 Å². The number of benzene rings is 2. The molecule has 0 aromatic heterocycles. The van der Waals surface area contributed by atoms with E-state index in [2.05, 4.69) is 11.4 Å². The SMILES string of the molecule is Cc1cc(C)cc(O[C@H](C)C(=O)Nc2ccccc2C)c1. The van der Waals surface area contributed by atoms with Crippen molar-refractivity contribution in [3.05, 3.63) is 59.2 Å². The first-order chi connectivity index (χ1) is 9.95. The zero-order chi connectivity index (χ0) is 15.4. The van der Waals surface area contributed by atoms with Gasteiger partial charge in [-0.15, -0.1) is 0 Å². The Kier molecular flexibility index (Phi) is 4.63. The molecule has 0 bridgehead atoms. The molecule has 1 amide bonds. The molecule has 0 aliphatic heterocycles. The maximum atomic E-state index is 12.2. The molecule has 110 valence electrons. The number of aryl methyl sites for hydroxylation is 3. The van der Waals surface area contributed by atoms with Crippen LogP contribution in [0.1, 0.15) is 23.6 Å². The number of para-hydroxylation sites is 1. The molecule has 21 heavy (non-hydrogen) atoms. The van der Waals surface area contributed by atoms with E-state index in [4.69, 9.17) is 4.74 Å². The Hall–Kier alpha value is -2.29. The number of carbonyl (C=O) groups excluding carboxylic acids is 1. The maximum Gasteiger partial charge on any atom is 0.265 e. The third-order valence-corrected chi connectivity index (χ3v) is 3.28. The summed E-state index contributed by atoms with van der Waals surface area (Å²) in [6.45, 7) is 7.74. The molecule has 0 fully saturated rings. The Bertz CT molecular complexity index is 629. The molecule has 3 heteroatoms. The molecule has 0 radical (unpaired) electrons. The standard InChI is InChI=1S/C18H21NO2/c1-12-9-13(2)11-16(10-12)21-15(4)18(20)19-17-8-6-5-7-14(17)3/h5-11,15H,1-4H3,(H,19,20)/t15-/m1/s1. The second-order valence-electron chi connectivity index (χ2n) is 5.39. The molecule has 0 saturated carbocycles. The van der Waals surface area contributed by atoms with Gasteiger partial charge in [-0.2, -0.15) is 0 Å². The first-order valence-electron chi connectivity index (χ1n) is 7.07. The molecule has 2 aromatic carbocycles. The summed E-state index contributed by atoms with van der Waals surface area (Å²) in [5.41, 5.74) is 4.09. The van der Waals surface area contributed by atoms with Crippen LogP contribution in [-0.4, -0.2) is 12.0 Å². The Morgan fingerprint density at radius 3 is 2.29 bits per heavy atom. The van der Waals surface area contributed by atoms with Crippen LogP contribution in [0, 0.1) is 20.8 Å². The summed E-state index contributed by atoms with van der Waals surface area (Å²) in [7, 11) is 0. The van der Waals surface area contributed by atoms with Crippen LogP contribution in [0.5, 0.6) is 5.75 Å². The van der Waals surface area contributed by atoms with Crippen molar-refractivity contribution < 1.29 is 9.53 Å². The lowest BCUT2D eigenvalue weighted by Gasteiger charge is -2.16. The smallest absolute Gasteiger partial charge is 0.265 e. The first-order valence-corrected chi connectivity index (χ1v) is 7.07. The van der Waals surface area contributed by atoms with Crippen LogP contribution in [0.4, 0.5) is 5.69 Å². The normalized spacial score (nSPS) is 11.8. The lowest BCUT2D eigenvalue weighted by molar-refractivity contribution is -0.122. The van der Waals surface area contributed by atoms with Crippen molar-refractivity contribution in [2.24, 2.45) is 0 Å². The number of rotatable bonds is 4. The minimum absolute atomic E-state index is 0.150. The van der Waals surface area contributed by atoms with Crippen LogP contribution in [0.15, 0.2) is 42.5 Å². The zero-order valence-electron chi connectivity index (χ0n) is 12.9. The Balaban J connectivity index is 2.04. The number of hydrogen-bond acceptors (Lipinski definition) is 2. The summed E-state index contributed by atoms with van der Waals surface area (Å²) in [6, 6.07) is 13.6. The van der Waals surface area contributed by atoms with Gasteiger partial charge in [-0.25, -0.2) is 0 Å². The third-order valence-electron chi connectivity index (χ3n) is 3.28. The van der Waals surface area contributed by atoms with E-state index < -0.39 is 6.10 Å². The van der Waals surface area contributed by atoms with Crippen LogP contribution in [-0.2, 0) is 4.79 Å². The van der Waals surface area contributed by atoms with E-state index in [0.29, 0.717) is 0 Å². The first kappa shape index (κ1) is 15.1. The van der Waals surface area contributed by atoms with Crippen molar-refractivity contribution in [1.29, 1.82) is 0 Å². The summed E-state index contributed by atoms with van der Waals surface area (Å²) < 4.78 is 5.74. The fourth-order valence-electron chi connectivity index (χ4n) is 2.21. The summed E-state index contributed by atoms with van der Waals surface area (Å²) >= 11 is 0. The Morgan fingerprint density at radius 2 is 1.67 bits per heavy atom. The van der Waals surface area contributed by atoms with E-state index in [0.717, 1.165) is 28.1 Å². The second-order valence-corrected chi connectivity index (χ2v) is 5.39. The van der Waals surface area contributed by atoms with Crippen LogP contribution < -0.4 is 10.1 Å². The molecule has 1 N–H and O–H groups in total. The second kappa shape index (κ2) is 6.44. The highest BCUT2D eigenvalue weighted by Gasteiger charge is 2.15. The van der Waals surface area contributed by atoms with Crippen molar-refractivity contribution >= 4 is 11.6 Å². The highest BCUT2D eigenvalue weighted by Crippen LogP contribution is 2.19. The predicted octanol–water partition coefficient (Wildman–Crippen LogP) is 4.02. The molecular weight excluding hydrogens is 262 g/mol. The Labute approximate surface area is 126 Å². The average molecular weight is 283 g/mol. The highest BCUT2D eigenvalue weighted by molar-refractivity contribution is 5.94. The lowest BCUT2D eigenvalue weighted by atomic mass is 10.1. The van der Waals surface area contributed by atoms with Crippen LogP contribution in [0.3, 0.4) is 0 Å². The van der Waals surface area contributed by atoms with Crippen molar-refractivity contribution in [2.75, 3.05) is 5.32 Å². The fraction of sp³-hybridized carbons (Fsp3) is 0.278. The van der Waals surface area contributed by atoms with Crippen LogP contribution in [0.25, 0.3) is 0 Å². The van der Waals surface area contributed by atoms with Gasteiger partial charge >= 0.3 is 0 Å². The quantitative estimate of drug-likeness (QED) is 0.920. The average Bonchev–Trinajstić information content (AvgIpc) is 2.40. The molecule has 0 spiro atoms. The van der Waals surface area contributed by atoms with E-state index in [1.165, 1.54) is 0 Å². The van der Waals surface area contributed by atoms with Gasteiger partial charge in [0.2, 0.25) is 0 Å². The van der Waals surface area contributed by atoms with Gasteiger partial charge in [0.25, 0.3) is 5.91 Å². The van der Waals surface area contributed by atoms with Gasteiger partial charge in [-0.1, -0.05) is 24.3 Å². The summed E-state index contributed by atoms with van der Waals surface area (Å²) in [6.07, 6.45) is -0.550. The molecule has 0 heterocycles. The fourth-order valence-corrected chi connectivity index (χ4v) is 2.21. The number of hydrogen-bond donors (Lipinski definition) is 1. The number of anilines is 1. The van der Waals surface area contributed by atoms with Crippen LogP contribution >= 0.6 is 0 Å². The molecule has 0 saturated heterocycles. The van der Waals surface area contributed by atoms with Gasteiger partial charge in [0.05, 0.1) is 0 Å². The summed E-state index contributed by atoms with van der Waals surface area (Å²) in [5.74, 6) is 0.573. The van der Waals surface area contributed by atoms with E-state index >= 15 is 0 Å². The molecule has 1 atom stereocenters. The monoisotopic (exact) mass is 283 g/mol. The van der Waals surface area contributed by atoms with Crippen molar-refractivity contribution in [1.82, 2.24) is 0 Å². The minimum atomic E-state index is -0.550. The van der Waals surface area contributed by atoms with E-state index in [9.17, 15) is 4.79 Å². The largest absolute Gasteiger partial charge is 0.481 e. The van der Waals surface area contributed by atoms with Gasteiger partial charge in [-0.3, -0.25) is 4.79 Å². The number of ether oxygens (including phenoxy) is 1. The Morgan fingerprint density at radius 1 is 1.05 bits per heavy atom. The van der Waals surface area contributed by atoms with E-state index in [1.807, 2.05) is 57.2 Å². The van der Waals surface area contributed by atoms with Gasteiger partial charge in [0, 0.05) is 5.69 Å². The summed E-state index contributed by atoms with van der Waals surface area (Å²) in [4.78, 5) is 12.2. The molecule has 2 rings (SSSR count). The zero-order valence-corrected chi connectivity index (χ0v) is 12.9. The molecule has 3 nitrogen and oxygen atoms in total. The van der Waals surface area contributed by atoms with Crippen molar-refractivity contribution in [3.8, 4) is 5.75 Å². The lowest BCUT2D eigenvalue weighted by Crippen LogP contribution is -2.30. The molecule has 0 aliphatic rings. The number of amides is 1. The molecule has 2 aromatic rings. The van der Waals surface area contributed by atoms with Crippen molar-refractivity contribution in [3.63, 3.8) is 0 Å². The van der Waals surface area contributed by atoms with Crippen molar-refractivity contribution in [2.45, 2.75) is 33.8 Å². The van der Waals surface area contributed by atoms with Gasteiger partial charge in [0.15, 0.2) is 6.10 Å². The van der Waals surface area contributed by atoms with Gasteiger partial charge in [-0.05, 0) is 62.6 Å². The number of nitrogens with one attached hydrogen (secondary N) is 1. The molecular formula is C18H21NO2. The minimum Gasteiger partial charge on any atom is -0.481 e. The predicted molar refractivity (Wildman–Crippen MR) is 85.8 cm³/mol. The van der Waals surface area contributed by atoms with E-state index in [1.54, 1.807) is 6.92 Å². The highest BCUT2D eigenvalue weighted by atomic mass is 16.5. The third kappa shape index (κ3) is 4.09. The van der Waals surface area contributed by atoms with Crippen LogP contribution in [0.2, 0.25) is 0 Å². The molecule has 0 aliphatic carbocycles. The topological polar surface area (TPSA) is 38.3 Å². The van der Waals surface area contributed by atoms with Gasteiger partial charge < -0.3 is 10.1 Å². The maximum absolute atomic E-state index is 12.2.